The molecule has 8 nitrogen and oxygen atoms in total. The minimum absolute atomic E-state index is 0.162. The molecule has 1 amide bonds. The Morgan fingerprint density at radius 1 is 1.02 bits per heavy atom. The number of piperazine rings is 1. The van der Waals surface area contributed by atoms with Gasteiger partial charge in [0.2, 0.25) is 11.9 Å². The van der Waals surface area contributed by atoms with Gasteiger partial charge in [-0.25, -0.2) is 9.97 Å². The van der Waals surface area contributed by atoms with Crippen LogP contribution in [0.2, 0.25) is 0 Å². The van der Waals surface area contributed by atoms with E-state index in [1.807, 2.05) is 20.0 Å². The van der Waals surface area contributed by atoms with E-state index in [4.69, 9.17) is 4.98 Å². The molecule has 2 saturated heterocycles. The standard InChI is InChI=1S/C32H48BrN7O/c1-23(2)35-31(41)28-8-4-6-24(28)7-5-9-30-29(33)22-34-32(37-30)36-25-10-12-26(13-11-25)39-16-14-27(15-17-39)40-20-18-38(3)19-21-40/h10-13,22-24,27-28H,4-9,14-21H2,1-3H3,(H,35,41)(H,34,36,37). The summed E-state index contributed by atoms with van der Waals surface area (Å²) in [5.41, 5.74) is 3.31. The number of hydrogen-bond donors (Lipinski definition) is 2. The van der Waals surface area contributed by atoms with Crippen LogP contribution in [0, 0.1) is 11.8 Å². The Hall–Kier alpha value is -2.23. The van der Waals surface area contributed by atoms with Gasteiger partial charge >= 0.3 is 0 Å². The normalized spacial score (nSPS) is 22.8. The van der Waals surface area contributed by atoms with Gasteiger partial charge in [0.15, 0.2) is 0 Å². The van der Waals surface area contributed by atoms with E-state index in [1.165, 1.54) is 44.7 Å². The van der Waals surface area contributed by atoms with Gasteiger partial charge in [-0.1, -0.05) is 6.42 Å². The number of aromatic nitrogens is 2. The Labute approximate surface area is 254 Å². The van der Waals surface area contributed by atoms with Crippen LogP contribution < -0.4 is 15.5 Å². The molecule has 9 heteroatoms. The maximum atomic E-state index is 12.6. The zero-order chi connectivity index (χ0) is 28.8. The summed E-state index contributed by atoms with van der Waals surface area (Å²) in [6.45, 7) is 11.1. The number of piperidine rings is 1. The van der Waals surface area contributed by atoms with Crippen molar-refractivity contribution in [2.24, 2.45) is 11.8 Å². The molecular formula is C32H48BrN7O. The molecule has 3 fully saturated rings. The molecule has 1 aromatic carbocycles. The summed E-state index contributed by atoms with van der Waals surface area (Å²) < 4.78 is 0.943. The Morgan fingerprint density at radius 2 is 1.76 bits per heavy atom. The molecule has 1 saturated carbocycles. The SMILES string of the molecule is CC(C)NC(=O)C1CCCC1CCCc1nc(Nc2ccc(N3CCC(N4CCN(C)CC4)CC3)cc2)ncc1Br. The summed E-state index contributed by atoms with van der Waals surface area (Å²) >= 11 is 3.65. The van der Waals surface area contributed by atoms with Crippen molar-refractivity contribution in [2.75, 3.05) is 56.5 Å². The molecule has 0 radical (unpaired) electrons. The molecule has 2 N–H and O–H groups in total. The quantitative estimate of drug-likeness (QED) is 0.363. The molecule has 2 aliphatic heterocycles. The predicted molar refractivity (Wildman–Crippen MR) is 171 cm³/mol. The Kier molecular flexibility index (Phi) is 10.5. The van der Waals surface area contributed by atoms with Crippen LogP contribution in [0.25, 0.3) is 0 Å². The molecule has 3 heterocycles. The summed E-state index contributed by atoms with van der Waals surface area (Å²) in [5, 5.41) is 6.52. The fourth-order valence-corrected chi connectivity index (χ4v) is 7.24. The second-order valence-corrected chi connectivity index (χ2v) is 13.4. The van der Waals surface area contributed by atoms with Gasteiger partial charge in [0.05, 0.1) is 10.2 Å². The van der Waals surface area contributed by atoms with Crippen LogP contribution in [0.5, 0.6) is 0 Å². The van der Waals surface area contributed by atoms with E-state index in [0.29, 0.717) is 11.9 Å². The highest BCUT2D eigenvalue weighted by Gasteiger charge is 2.32. The van der Waals surface area contributed by atoms with E-state index >= 15 is 0 Å². The number of halogens is 1. The van der Waals surface area contributed by atoms with Gasteiger partial charge in [0.1, 0.15) is 0 Å². The lowest BCUT2D eigenvalue weighted by atomic mass is 9.90. The molecule has 1 aromatic heterocycles. The van der Waals surface area contributed by atoms with Crippen molar-refractivity contribution in [1.29, 1.82) is 0 Å². The molecule has 5 rings (SSSR count). The fraction of sp³-hybridized carbons (Fsp3) is 0.656. The van der Waals surface area contributed by atoms with Crippen LogP contribution in [0.3, 0.4) is 0 Å². The molecule has 3 aliphatic rings. The summed E-state index contributed by atoms with van der Waals surface area (Å²) in [5.74, 6) is 1.50. The summed E-state index contributed by atoms with van der Waals surface area (Å²) in [7, 11) is 2.23. The van der Waals surface area contributed by atoms with E-state index in [2.05, 4.69) is 77.6 Å². The van der Waals surface area contributed by atoms with Gasteiger partial charge in [0.25, 0.3) is 0 Å². The Bertz CT molecular complexity index is 1130. The van der Waals surface area contributed by atoms with Crippen LogP contribution in [0.15, 0.2) is 34.9 Å². The monoisotopic (exact) mass is 625 g/mol. The first-order chi connectivity index (χ1) is 19.9. The van der Waals surface area contributed by atoms with E-state index in [0.717, 1.165) is 73.5 Å². The zero-order valence-corrected chi connectivity index (χ0v) is 26.7. The number of aryl methyl sites for hydroxylation is 1. The third-order valence-corrected chi connectivity index (χ3v) is 9.90. The first-order valence-corrected chi connectivity index (χ1v) is 16.5. The van der Waals surface area contributed by atoms with Crippen molar-refractivity contribution in [3.05, 3.63) is 40.6 Å². The number of benzene rings is 1. The van der Waals surface area contributed by atoms with Crippen LogP contribution in [0.4, 0.5) is 17.3 Å². The topological polar surface area (TPSA) is 76.6 Å². The first kappa shape index (κ1) is 30.2. The van der Waals surface area contributed by atoms with Gasteiger partial charge in [-0.2, -0.15) is 0 Å². The number of likely N-dealkylation sites (N-methyl/N-ethyl adjacent to an activating group) is 1. The van der Waals surface area contributed by atoms with Crippen molar-refractivity contribution < 1.29 is 4.79 Å². The van der Waals surface area contributed by atoms with Crippen LogP contribution in [-0.2, 0) is 11.2 Å². The number of carbonyl (C=O) groups excluding carboxylic acids is 1. The third-order valence-electron chi connectivity index (χ3n) is 9.24. The maximum Gasteiger partial charge on any atom is 0.227 e. The minimum atomic E-state index is 0.162. The first-order valence-electron chi connectivity index (χ1n) is 15.7. The highest BCUT2D eigenvalue weighted by Crippen LogP contribution is 2.36. The largest absolute Gasteiger partial charge is 0.371 e. The Morgan fingerprint density at radius 3 is 2.46 bits per heavy atom. The summed E-state index contributed by atoms with van der Waals surface area (Å²) in [6, 6.07) is 9.63. The van der Waals surface area contributed by atoms with E-state index in [-0.39, 0.29) is 17.9 Å². The van der Waals surface area contributed by atoms with E-state index in [9.17, 15) is 4.79 Å². The van der Waals surface area contributed by atoms with Gasteiger partial charge in [-0.15, -0.1) is 0 Å². The van der Waals surface area contributed by atoms with Crippen molar-refractivity contribution in [1.82, 2.24) is 25.1 Å². The molecule has 41 heavy (non-hydrogen) atoms. The second kappa shape index (κ2) is 14.3. The van der Waals surface area contributed by atoms with Crippen LogP contribution in [-0.4, -0.2) is 84.1 Å². The average molecular weight is 627 g/mol. The molecule has 2 atom stereocenters. The number of amides is 1. The summed E-state index contributed by atoms with van der Waals surface area (Å²) in [6.07, 6.45) is 10.6. The molecule has 2 aromatic rings. The lowest BCUT2D eigenvalue weighted by Crippen LogP contribution is -2.52. The number of anilines is 3. The number of carbonyl (C=O) groups is 1. The lowest BCUT2D eigenvalue weighted by molar-refractivity contribution is -0.126. The Balaban J connectivity index is 1.10. The molecule has 2 unspecified atom stereocenters. The molecule has 0 bridgehead atoms. The number of rotatable bonds is 10. The van der Waals surface area contributed by atoms with Crippen molar-refractivity contribution in [2.45, 2.75) is 77.3 Å². The molecule has 1 aliphatic carbocycles. The van der Waals surface area contributed by atoms with E-state index < -0.39 is 0 Å². The predicted octanol–water partition coefficient (Wildman–Crippen LogP) is 5.46. The lowest BCUT2D eigenvalue weighted by Gasteiger charge is -2.42. The van der Waals surface area contributed by atoms with Crippen molar-refractivity contribution >= 4 is 39.2 Å². The third kappa shape index (κ3) is 8.20. The average Bonchev–Trinajstić information content (AvgIpc) is 3.44. The number of hydrogen-bond acceptors (Lipinski definition) is 7. The van der Waals surface area contributed by atoms with Gasteiger partial charge < -0.3 is 20.4 Å². The molecule has 224 valence electrons. The van der Waals surface area contributed by atoms with Gasteiger partial charge in [-0.05, 0) is 112 Å². The molecule has 0 spiro atoms. The fourth-order valence-electron chi connectivity index (χ4n) is 6.85. The second-order valence-electron chi connectivity index (χ2n) is 12.6. The number of nitrogens with zero attached hydrogens (tertiary/aromatic N) is 5. The van der Waals surface area contributed by atoms with Crippen LogP contribution >= 0.6 is 15.9 Å². The maximum absolute atomic E-state index is 12.6. The van der Waals surface area contributed by atoms with Crippen molar-refractivity contribution in [3.8, 4) is 0 Å². The highest BCUT2D eigenvalue weighted by molar-refractivity contribution is 9.10. The van der Waals surface area contributed by atoms with Gasteiger partial charge in [0, 0.05) is 74.8 Å². The van der Waals surface area contributed by atoms with Gasteiger partial charge in [-0.3, -0.25) is 9.69 Å². The zero-order valence-electron chi connectivity index (χ0n) is 25.1. The number of nitrogens with one attached hydrogen (secondary N) is 2. The smallest absolute Gasteiger partial charge is 0.227 e. The summed E-state index contributed by atoms with van der Waals surface area (Å²) in [4.78, 5) is 29.6. The van der Waals surface area contributed by atoms with Crippen LogP contribution in [0.1, 0.15) is 64.5 Å². The van der Waals surface area contributed by atoms with Crippen molar-refractivity contribution in [3.63, 3.8) is 0 Å². The molecular weight excluding hydrogens is 578 g/mol. The highest BCUT2D eigenvalue weighted by atomic mass is 79.9. The van der Waals surface area contributed by atoms with E-state index in [1.54, 1.807) is 0 Å². The minimum Gasteiger partial charge on any atom is -0.371 e.